The van der Waals surface area contributed by atoms with Crippen molar-refractivity contribution >= 4 is 44.7 Å². The van der Waals surface area contributed by atoms with E-state index in [9.17, 15) is 0 Å². The number of nitrogens with one attached hydrogen (secondary N) is 1. The van der Waals surface area contributed by atoms with Crippen molar-refractivity contribution in [2.45, 2.75) is 13.0 Å². The highest BCUT2D eigenvalue weighted by Crippen LogP contribution is 2.33. The Balaban J connectivity index is 1.81. The molecule has 2 aromatic heterocycles. The van der Waals surface area contributed by atoms with Crippen molar-refractivity contribution in [3.05, 3.63) is 51.5 Å². The first-order valence-electron chi connectivity index (χ1n) is 8.47. The van der Waals surface area contributed by atoms with E-state index in [-0.39, 0.29) is 6.10 Å². The molecule has 0 aliphatic carbocycles. The number of hydrogen-bond acceptors (Lipinski definition) is 6. The van der Waals surface area contributed by atoms with E-state index in [0.717, 1.165) is 15.6 Å². The SMILES string of the molecule is COc1cc2nc(=S)n3[nH]c(C(C)Oc4ccc(Br)cc4)nc3c2cc1OC. The van der Waals surface area contributed by atoms with E-state index < -0.39 is 0 Å². The zero-order chi connectivity index (χ0) is 19.8. The topological polar surface area (TPSA) is 73.7 Å². The molecule has 7 nitrogen and oxygen atoms in total. The Morgan fingerprint density at radius 1 is 1.07 bits per heavy atom. The second kappa shape index (κ2) is 7.40. The van der Waals surface area contributed by atoms with Crippen LogP contribution < -0.4 is 14.2 Å². The maximum absolute atomic E-state index is 5.99. The van der Waals surface area contributed by atoms with Gasteiger partial charge in [0.2, 0.25) is 4.77 Å². The molecule has 1 unspecified atom stereocenters. The minimum atomic E-state index is -0.314. The molecule has 0 bridgehead atoms. The number of fused-ring (bicyclic) bond motifs is 3. The molecular formula is C19H17BrN4O3S. The predicted octanol–water partition coefficient (Wildman–Crippen LogP) is 4.86. The van der Waals surface area contributed by atoms with E-state index in [0.29, 0.717) is 33.3 Å². The number of ether oxygens (including phenoxy) is 3. The monoisotopic (exact) mass is 460 g/mol. The lowest BCUT2D eigenvalue weighted by Crippen LogP contribution is -2.05. The molecule has 1 atom stereocenters. The minimum Gasteiger partial charge on any atom is -0.493 e. The van der Waals surface area contributed by atoms with Crippen molar-refractivity contribution in [3.8, 4) is 17.2 Å². The quantitative estimate of drug-likeness (QED) is 0.428. The van der Waals surface area contributed by atoms with Crippen LogP contribution in [-0.4, -0.2) is 33.8 Å². The summed E-state index contributed by atoms with van der Waals surface area (Å²) in [6.07, 6.45) is -0.314. The molecule has 0 fully saturated rings. The molecule has 2 aromatic carbocycles. The average Bonchev–Trinajstić information content (AvgIpc) is 3.15. The molecule has 28 heavy (non-hydrogen) atoms. The summed E-state index contributed by atoms with van der Waals surface area (Å²) in [5, 5.41) is 3.98. The fraction of sp³-hybridized carbons (Fsp3) is 0.211. The number of nitrogens with zero attached hydrogens (tertiary/aromatic N) is 3. The number of aromatic amines is 1. The minimum absolute atomic E-state index is 0.314. The number of benzene rings is 2. The summed E-state index contributed by atoms with van der Waals surface area (Å²) in [4.78, 5) is 9.20. The van der Waals surface area contributed by atoms with Gasteiger partial charge in [0.15, 0.2) is 29.1 Å². The predicted molar refractivity (Wildman–Crippen MR) is 112 cm³/mol. The van der Waals surface area contributed by atoms with Crippen LogP contribution in [0.3, 0.4) is 0 Å². The van der Waals surface area contributed by atoms with Gasteiger partial charge >= 0.3 is 0 Å². The molecule has 144 valence electrons. The van der Waals surface area contributed by atoms with Gasteiger partial charge in [0.05, 0.1) is 19.7 Å². The molecule has 9 heteroatoms. The standard InChI is InChI=1S/C19H17BrN4O3S/c1-10(27-12-6-4-11(20)5-7-12)17-22-18-13-8-15(25-2)16(26-3)9-14(13)21-19(28)24(18)23-17/h4-10H,1-3H3,(H,22,23). The fourth-order valence-electron chi connectivity index (χ4n) is 2.92. The highest BCUT2D eigenvalue weighted by atomic mass is 79.9. The first-order chi connectivity index (χ1) is 13.5. The number of H-pyrrole nitrogens is 1. The number of rotatable bonds is 5. The first-order valence-corrected chi connectivity index (χ1v) is 9.67. The van der Waals surface area contributed by atoms with Crippen LogP contribution >= 0.6 is 28.1 Å². The lowest BCUT2D eigenvalue weighted by atomic mass is 10.2. The van der Waals surface area contributed by atoms with Crippen LogP contribution in [0.25, 0.3) is 16.6 Å². The van der Waals surface area contributed by atoms with Crippen LogP contribution in [0.2, 0.25) is 0 Å². The summed E-state index contributed by atoms with van der Waals surface area (Å²) in [5.41, 5.74) is 1.33. The van der Waals surface area contributed by atoms with Gasteiger partial charge in [-0.1, -0.05) is 15.9 Å². The van der Waals surface area contributed by atoms with Crippen molar-refractivity contribution in [1.29, 1.82) is 0 Å². The van der Waals surface area contributed by atoms with Gasteiger partial charge in [0, 0.05) is 15.9 Å². The third-order valence-corrected chi connectivity index (χ3v) is 5.13. The van der Waals surface area contributed by atoms with E-state index in [1.54, 1.807) is 24.8 Å². The van der Waals surface area contributed by atoms with Crippen LogP contribution in [0.4, 0.5) is 0 Å². The summed E-state index contributed by atoms with van der Waals surface area (Å²) >= 11 is 8.85. The van der Waals surface area contributed by atoms with Crippen molar-refractivity contribution in [3.63, 3.8) is 0 Å². The van der Waals surface area contributed by atoms with Crippen molar-refractivity contribution in [1.82, 2.24) is 19.6 Å². The summed E-state index contributed by atoms with van der Waals surface area (Å²) in [6.45, 7) is 1.92. The fourth-order valence-corrected chi connectivity index (χ4v) is 3.42. The van der Waals surface area contributed by atoms with Crippen molar-refractivity contribution in [2.24, 2.45) is 0 Å². The van der Waals surface area contributed by atoms with Gasteiger partial charge in [0.1, 0.15) is 5.75 Å². The van der Waals surface area contributed by atoms with Crippen LogP contribution in [-0.2, 0) is 0 Å². The van der Waals surface area contributed by atoms with E-state index in [4.69, 9.17) is 31.4 Å². The molecular weight excluding hydrogens is 444 g/mol. The molecule has 1 N–H and O–H groups in total. The third kappa shape index (κ3) is 3.31. The Kier molecular flexibility index (Phi) is 4.94. The largest absolute Gasteiger partial charge is 0.493 e. The summed E-state index contributed by atoms with van der Waals surface area (Å²) in [7, 11) is 3.17. The van der Waals surface area contributed by atoms with Crippen LogP contribution in [0.1, 0.15) is 18.9 Å². The van der Waals surface area contributed by atoms with E-state index in [1.165, 1.54) is 0 Å². The Hall–Kier alpha value is -2.65. The molecule has 0 amide bonds. The molecule has 4 rings (SSSR count). The molecule has 0 aliphatic rings. The second-order valence-electron chi connectivity index (χ2n) is 6.10. The average molecular weight is 461 g/mol. The first kappa shape index (κ1) is 18.7. The number of halogens is 1. The zero-order valence-electron chi connectivity index (χ0n) is 15.4. The highest BCUT2D eigenvalue weighted by Gasteiger charge is 2.17. The van der Waals surface area contributed by atoms with Crippen LogP contribution in [0, 0.1) is 4.77 Å². The Bertz CT molecular complexity index is 1220. The third-order valence-electron chi connectivity index (χ3n) is 4.33. The number of hydrogen-bond donors (Lipinski definition) is 1. The molecule has 0 saturated heterocycles. The van der Waals surface area contributed by atoms with E-state index in [2.05, 4.69) is 26.0 Å². The Morgan fingerprint density at radius 2 is 1.75 bits per heavy atom. The van der Waals surface area contributed by atoms with Gasteiger partial charge < -0.3 is 14.2 Å². The molecule has 2 heterocycles. The maximum atomic E-state index is 5.99. The Labute approximate surface area is 174 Å². The smallest absolute Gasteiger partial charge is 0.221 e. The lowest BCUT2D eigenvalue weighted by Gasteiger charge is -2.11. The zero-order valence-corrected chi connectivity index (χ0v) is 17.8. The van der Waals surface area contributed by atoms with E-state index >= 15 is 0 Å². The van der Waals surface area contributed by atoms with Crippen molar-refractivity contribution in [2.75, 3.05) is 14.2 Å². The van der Waals surface area contributed by atoms with Gasteiger partial charge in [-0.05, 0) is 49.5 Å². The lowest BCUT2D eigenvalue weighted by molar-refractivity contribution is 0.216. The van der Waals surface area contributed by atoms with Crippen molar-refractivity contribution < 1.29 is 14.2 Å². The van der Waals surface area contributed by atoms with Crippen LogP contribution in [0.15, 0.2) is 40.9 Å². The van der Waals surface area contributed by atoms with E-state index in [1.807, 2.05) is 37.3 Å². The van der Waals surface area contributed by atoms with Crippen LogP contribution in [0.5, 0.6) is 17.2 Å². The van der Waals surface area contributed by atoms with Gasteiger partial charge in [-0.3, -0.25) is 5.10 Å². The van der Waals surface area contributed by atoms with Gasteiger partial charge in [0.25, 0.3) is 0 Å². The second-order valence-corrected chi connectivity index (χ2v) is 7.38. The molecule has 0 aliphatic heterocycles. The highest BCUT2D eigenvalue weighted by molar-refractivity contribution is 9.10. The van der Waals surface area contributed by atoms with Gasteiger partial charge in [-0.25, -0.2) is 14.5 Å². The summed E-state index contributed by atoms with van der Waals surface area (Å²) in [5.74, 6) is 2.57. The summed E-state index contributed by atoms with van der Waals surface area (Å²) in [6, 6.07) is 11.3. The number of aromatic nitrogens is 4. The normalized spacial score (nSPS) is 12.3. The maximum Gasteiger partial charge on any atom is 0.221 e. The molecule has 4 aromatic rings. The number of methoxy groups -OCH3 is 2. The molecule has 0 spiro atoms. The molecule has 0 radical (unpaired) electrons. The summed E-state index contributed by atoms with van der Waals surface area (Å²) < 4.78 is 19.8. The van der Waals surface area contributed by atoms with Gasteiger partial charge in [-0.15, -0.1) is 0 Å². The van der Waals surface area contributed by atoms with Gasteiger partial charge in [-0.2, -0.15) is 0 Å². The Morgan fingerprint density at radius 3 is 2.43 bits per heavy atom. The molecule has 0 saturated carbocycles.